The second kappa shape index (κ2) is 5.33. The summed E-state index contributed by atoms with van der Waals surface area (Å²) in [7, 11) is 0. The highest BCUT2D eigenvalue weighted by Crippen LogP contribution is 2.18. The number of nitrogens with zero attached hydrogens (tertiary/aromatic N) is 1. The van der Waals surface area contributed by atoms with Gasteiger partial charge in [0.1, 0.15) is 0 Å². The zero-order valence-corrected chi connectivity index (χ0v) is 10.4. The van der Waals surface area contributed by atoms with Crippen molar-refractivity contribution in [1.82, 2.24) is 4.98 Å². The van der Waals surface area contributed by atoms with Gasteiger partial charge in [-0.05, 0) is 31.5 Å². The minimum absolute atomic E-state index is 0.339. The zero-order valence-electron chi connectivity index (χ0n) is 10.4. The van der Waals surface area contributed by atoms with Gasteiger partial charge in [0.25, 0.3) is 0 Å². The molecule has 0 aliphatic heterocycles. The molecule has 1 aromatic heterocycles. The first-order valence-corrected chi connectivity index (χ1v) is 5.75. The molecule has 1 aromatic carbocycles. The molecule has 90 valence electrons. The largest absolute Gasteiger partial charge is 0.456 e. The number of rotatable bonds is 1. The molecule has 0 spiro atoms. The number of fused-ring (bicyclic) bond motifs is 1. The van der Waals surface area contributed by atoms with Crippen LogP contribution < -0.4 is 0 Å². The smallest absolute Gasteiger partial charge is 0.384 e. The fraction of sp³-hybridized carbons (Fsp3) is 0.200. The van der Waals surface area contributed by atoms with Gasteiger partial charge in [0.15, 0.2) is 0 Å². The Bertz CT molecular complexity index is 650. The molecule has 0 unspecified atom stereocenters. The van der Waals surface area contributed by atoms with E-state index in [-0.39, 0.29) is 0 Å². The number of hydrogen-bond donors (Lipinski definition) is 0. The summed E-state index contributed by atoms with van der Waals surface area (Å²) >= 11 is 0. The molecule has 0 radical (unpaired) electrons. The van der Waals surface area contributed by atoms with Crippen LogP contribution in [0.4, 0.5) is 0 Å². The Labute approximate surface area is 106 Å². The molecule has 0 N–H and O–H groups in total. The fourth-order valence-electron chi connectivity index (χ4n) is 1.71. The van der Waals surface area contributed by atoms with Gasteiger partial charge in [-0.1, -0.05) is 18.1 Å². The topological polar surface area (TPSA) is 39.2 Å². The summed E-state index contributed by atoms with van der Waals surface area (Å²) in [6, 6.07) is 7.74. The molecule has 18 heavy (non-hydrogen) atoms. The molecular weight excluding hydrogens is 226 g/mol. The highest BCUT2D eigenvalue weighted by atomic mass is 16.5. The van der Waals surface area contributed by atoms with Crippen molar-refractivity contribution in [2.24, 2.45) is 0 Å². The van der Waals surface area contributed by atoms with Crippen LogP contribution >= 0.6 is 0 Å². The lowest BCUT2D eigenvalue weighted by Crippen LogP contribution is -1.99. The van der Waals surface area contributed by atoms with E-state index in [9.17, 15) is 4.79 Å². The Morgan fingerprint density at radius 3 is 3.00 bits per heavy atom. The summed E-state index contributed by atoms with van der Waals surface area (Å²) in [6.07, 6.45) is 1.75. The molecule has 0 amide bonds. The summed E-state index contributed by atoms with van der Waals surface area (Å²) in [4.78, 5) is 15.5. The molecule has 2 rings (SSSR count). The lowest BCUT2D eigenvalue weighted by atomic mass is 10.0. The van der Waals surface area contributed by atoms with Crippen molar-refractivity contribution in [1.29, 1.82) is 0 Å². The van der Waals surface area contributed by atoms with Crippen molar-refractivity contribution < 1.29 is 9.53 Å². The SMILES string of the molecule is CCOC(=O)C#Cc1ccc2cccnc2c1C. The maximum absolute atomic E-state index is 11.2. The first-order chi connectivity index (χ1) is 8.72. The van der Waals surface area contributed by atoms with Crippen molar-refractivity contribution in [3.8, 4) is 11.8 Å². The van der Waals surface area contributed by atoms with Crippen LogP contribution in [0.5, 0.6) is 0 Å². The van der Waals surface area contributed by atoms with Crippen molar-refractivity contribution >= 4 is 16.9 Å². The normalized spacial score (nSPS) is 9.67. The second-order valence-electron chi connectivity index (χ2n) is 3.78. The molecule has 0 aliphatic carbocycles. The van der Waals surface area contributed by atoms with Gasteiger partial charge in [0.05, 0.1) is 12.1 Å². The van der Waals surface area contributed by atoms with Crippen molar-refractivity contribution in [3.63, 3.8) is 0 Å². The van der Waals surface area contributed by atoms with Gasteiger partial charge in [-0.25, -0.2) is 4.79 Å². The van der Waals surface area contributed by atoms with Crippen LogP contribution in [0.15, 0.2) is 30.5 Å². The minimum atomic E-state index is -0.502. The highest BCUT2D eigenvalue weighted by molar-refractivity contribution is 5.90. The zero-order chi connectivity index (χ0) is 13.0. The third-order valence-electron chi connectivity index (χ3n) is 2.60. The average molecular weight is 239 g/mol. The number of hydrogen-bond acceptors (Lipinski definition) is 3. The molecule has 3 nitrogen and oxygen atoms in total. The maximum atomic E-state index is 11.2. The van der Waals surface area contributed by atoms with Gasteiger partial charge in [-0.2, -0.15) is 0 Å². The Morgan fingerprint density at radius 1 is 1.39 bits per heavy atom. The predicted octanol–water partition coefficient (Wildman–Crippen LogP) is 2.46. The van der Waals surface area contributed by atoms with Gasteiger partial charge in [-0.3, -0.25) is 4.98 Å². The standard InChI is InChI=1S/C15H13NO2/c1-3-18-14(17)9-8-12-6-7-13-5-4-10-16-15(13)11(12)2/h4-7,10H,3H2,1-2H3. The minimum Gasteiger partial charge on any atom is -0.456 e. The number of aryl methyl sites for hydroxylation is 1. The Balaban J connectivity index is 2.40. The van der Waals surface area contributed by atoms with E-state index in [1.807, 2.05) is 31.2 Å². The summed E-state index contributed by atoms with van der Waals surface area (Å²) in [6.45, 7) is 4.04. The molecule has 0 aliphatic rings. The van der Waals surface area contributed by atoms with E-state index < -0.39 is 5.97 Å². The van der Waals surface area contributed by atoms with Crippen molar-refractivity contribution in [2.75, 3.05) is 6.61 Å². The third-order valence-corrected chi connectivity index (χ3v) is 2.60. The number of pyridine rings is 1. The van der Waals surface area contributed by atoms with Crippen LogP contribution in [-0.2, 0) is 9.53 Å². The lowest BCUT2D eigenvalue weighted by Gasteiger charge is -2.02. The summed E-state index contributed by atoms with van der Waals surface area (Å²) in [5.41, 5.74) is 2.69. The number of carbonyl (C=O) groups is 1. The number of aromatic nitrogens is 1. The predicted molar refractivity (Wildman–Crippen MR) is 70.0 cm³/mol. The van der Waals surface area contributed by atoms with Gasteiger partial charge < -0.3 is 4.74 Å². The quantitative estimate of drug-likeness (QED) is 0.567. The molecule has 0 atom stereocenters. The number of benzene rings is 1. The second-order valence-corrected chi connectivity index (χ2v) is 3.78. The van der Waals surface area contributed by atoms with E-state index in [0.29, 0.717) is 6.61 Å². The van der Waals surface area contributed by atoms with Crippen LogP contribution in [0, 0.1) is 18.8 Å². The van der Waals surface area contributed by atoms with Crippen molar-refractivity contribution in [3.05, 3.63) is 41.6 Å². The van der Waals surface area contributed by atoms with Gasteiger partial charge in [0.2, 0.25) is 0 Å². The maximum Gasteiger partial charge on any atom is 0.384 e. The van der Waals surface area contributed by atoms with E-state index in [1.165, 1.54) is 0 Å². The van der Waals surface area contributed by atoms with E-state index in [2.05, 4.69) is 16.8 Å². The molecule has 0 saturated carbocycles. The van der Waals surface area contributed by atoms with Crippen LogP contribution in [0.1, 0.15) is 18.1 Å². The summed E-state index contributed by atoms with van der Waals surface area (Å²) in [5.74, 6) is 4.79. The molecule has 0 fully saturated rings. The van der Waals surface area contributed by atoms with Gasteiger partial charge in [0, 0.05) is 23.1 Å². The van der Waals surface area contributed by atoms with Gasteiger partial charge >= 0.3 is 5.97 Å². The van der Waals surface area contributed by atoms with Crippen molar-refractivity contribution in [2.45, 2.75) is 13.8 Å². The van der Waals surface area contributed by atoms with Gasteiger partial charge in [-0.15, -0.1) is 0 Å². The molecule has 2 aromatic rings. The molecule has 3 heteroatoms. The van der Waals surface area contributed by atoms with Crippen LogP contribution in [0.3, 0.4) is 0 Å². The molecule has 0 bridgehead atoms. The van der Waals surface area contributed by atoms with Crippen LogP contribution in [-0.4, -0.2) is 17.6 Å². The van der Waals surface area contributed by atoms with E-state index in [0.717, 1.165) is 22.0 Å². The summed E-state index contributed by atoms with van der Waals surface area (Å²) < 4.78 is 4.76. The number of esters is 1. The molecule has 0 saturated heterocycles. The van der Waals surface area contributed by atoms with E-state index >= 15 is 0 Å². The third kappa shape index (κ3) is 2.49. The lowest BCUT2D eigenvalue weighted by molar-refractivity contribution is -0.136. The van der Waals surface area contributed by atoms with E-state index in [4.69, 9.17) is 4.74 Å². The Hall–Kier alpha value is -2.34. The number of carbonyl (C=O) groups excluding carboxylic acids is 1. The monoisotopic (exact) mass is 239 g/mol. The first-order valence-electron chi connectivity index (χ1n) is 5.75. The number of ether oxygens (including phenoxy) is 1. The van der Waals surface area contributed by atoms with E-state index in [1.54, 1.807) is 13.1 Å². The van der Waals surface area contributed by atoms with Crippen LogP contribution in [0.25, 0.3) is 10.9 Å². The average Bonchev–Trinajstić information content (AvgIpc) is 2.39. The van der Waals surface area contributed by atoms with Crippen LogP contribution in [0.2, 0.25) is 0 Å². The summed E-state index contributed by atoms with van der Waals surface area (Å²) in [5, 5.41) is 1.07. The fourth-order valence-corrected chi connectivity index (χ4v) is 1.71. The molecule has 1 heterocycles. The molecular formula is C15H13NO2. The highest BCUT2D eigenvalue weighted by Gasteiger charge is 2.02. The first kappa shape index (κ1) is 12.1. The Kier molecular flexibility index (Phi) is 3.59. The Morgan fingerprint density at radius 2 is 2.22 bits per heavy atom.